The maximum atomic E-state index is 12.4. The standard InChI is InChI=1S/C22H36N2O3/c1-6-7-11-17(2)19(24-21(26)27-22(3,4)5)16-20(25)23-15-14-18-12-9-8-10-13-18/h8-10,12-13,17,19H,6-7,11,14-16H2,1-5H3,(H,23,25)(H,24,26)/t17-,19-/m0/s1. The van der Waals surface area contributed by atoms with E-state index in [1.54, 1.807) is 0 Å². The van der Waals surface area contributed by atoms with Crippen LogP contribution in [-0.2, 0) is 16.0 Å². The third kappa shape index (κ3) is 10.6. The number of hydrogen-bond acceptors (Lipinski definition) is 3. The van der Waals surface area contributed by atoms with Crippen LogP contribution in [0.4, 0.5) is 4.79 Å². The van der Waals surface area contributed by atoms with Gasteiger partial charge in [-0.25, -0.2) is 4.79 Å². The monoisotopic (exact) mass is 376 g/mol. The number of ether oxygens (including phenoxy) is 1. The first-order valence-electron chi connectivity index (χ1n) is 10.0. The lowest BCUT2D eigenvalue weighted by molar-refractivity contribution is -0.121. The smallest absolute Gasteiger partial charge is 0.407 e. The zero-order valence-corrected chi connectivity index (χ0v) is 17.5. The number of unbranched alkanes of at least 4 members (excludes halogenated alkanes) is 1. The van der Waals surface area contributed by atoms with Crippen LogP contribution in [0, 0.1) is 5.92 Å². The molecule has 1 aromatic rings. The summed E-state index contributed by atoms with van der Waals surface area (Å²) < 4.78 is 5.36. The molecular formula is C22H36N2O3. The minimum atomic E-state index is -0.556. The summed E-state index contributed by atoms with van der Waals surface area (Å²) in [6, 6.07) is 9.83. The van der Waals surface area contributed by atoms with Crippen molar-refractivity contribution in [1.82, 2.24) is 10.6 Å². The molecule has 0 bridgehead atoms. The maximum absolute atomic E-state index is 12.4. The van der Waals surface area contributed by atoms with Crippen molar-refractivity contribution in [1.29, 1.82) is 0 Å². The number of carbonyl (C=O) groups excluding carboxylic acids is 2. The number of alkyl carbamates (subject to hydrolysis) is 1. The number of benzene rings is 1. The number of rotatable bonds is 10. The highest BCUT2D eigenvalue weighted by Gasteiger charge is 2.25. The lowest BCUT2D eigenvalue weighted by Gasteiger charge is -2.27. The fraction of sp³-hybridized carbons (Fsp3) is 0.636. The highest BCUT2D eigenvalue weighted by atomic mass is 16.6. The Labute approximate surface area is 164 Å². The zero-order chi connectivity index (χ0) is 20.3. The average Bonchev–Trinajstić information content (AvgIpc) is 2.58. The second-order valence-electron chi connectivity index (χ2n) is 8.16. The van der Waals surface area contributed by atoms with E-state index in [1.165, 1.54) is 5.56 Å². The molecule has 1 rings (SSSR count). The molecule has 0 aromatic heterocycles. The van der Waals surface area contributed by atoms with Gasteiger partial charge in [0.15, 0.2) is 0 Å². The van der Waals surface area contributed by atoms with Gasteiger partial charge in [-0.3, -0.25) is 4.79 Å². The molecule has 0 saturated carbocycles. The third-order valence-corrected chi connectivity index (χ3v) is 4.39. The van der Waals surface area contributed by atoms with Crippen molar-refractivity contribution in [2.75, 3.05) is 6.54 Å². The molecule has 0 aliphatic heterocycles. The van der Waals surface area contributed by atoms with Crippen molar-refractivity contribution >= 4 is 12.0 Å². The summed E-state index contributed by atoms with van der Waals surface area (Å²) in [6.45, 7) is 10.3. The zero-order valence-electron chi connectivity index (χ0n) is 17.5. The fourth-order valence-electron chi connectivity index (χ4n) is 2.84. The van der Waals surface area contributed by atoms with Gasteiger partial charge in [0.05, 0.1) is 0 Å². The Hall–Kier alpha value is -2.04. The second-order valence-corrected chi connectivity index (χ2v) is 8.16. The van der Waals surface area contributed by atoms with Crippen LogP contribution in [0.15, 0.2) is 30.3 Å². The van der Waals surface area contributed by atoms with Crippen molar-refractivity contribution in [2.45, 2.75) is 78.4 Å². The van der Waals surface area contributed by atoms with Crippen LogP contribution in [-0.4, -0.2) is 30.2 Å². The molecule has 0 aliphatic carbocycles. The van der Waals surface area contributed by atoms with Crippen LogP contribution < -0.4 is 10.6 Å². The lowest BCUT2D eigenvalue weighted by Crippen LogP contribution is -2.45. The van der Waals surface area contributed by atoms with E-state index in [9.17, 15) is 9.59 Å². The van der Waals surface area contributed by atoms with Crippen LogP contribution in [0.5, 0.6) is 0 Å². The molecule has 0 aliphatic rings. The Bertz CT molecular complexity index is 567. The molecule has 0 unspecified atom stereocenters. The number of carbonyl (C=O) groups is 2. The third-order valence-electron chi connectivity index (χ3n) is 4.39. The van der Waals surface area contributed by atoms with E-state index >= 15 is 0 Å². The van der Waals surface area contributed by atoms with Crippen LogP contribution in [0.25, 0.3) is 0 Å². The van der Waals surface area contributed by atoms with Crippen LogP contribution in [0.1, 0.15) is 65.9 Å². The quantitative estimate of drug-likeness (QED) is 0.634. The summed E-state index contributed by atoms with van der Waals surface area (Å²) in [5.74, 6) is 0.160. The van der Waals surface area contributed by atoms with Crippen molar-refractivity contribution in [3.05, 3.63) is 35.9 Å². The van der Waals surface area contributed by atoms with Gasteiger partial charge in [0.1, 0.15) is 5.60 Å². The van der Waals surface area contributed by atoms with E-state index in [2.05, 4.69) is 24.5 Å². The van der Waals surface area contributed by atoms with Gasteiger partial charge < -0.3 is 15.4 Å². The molecule has 152 valence electrons. The Balaban J connectivity index is 2.55. The van der Waals surface area contributed by atoms with Gasteiger partial charge in [0.25, 0.3) is 0 Å². The predicted octanol–water partition coefficient (Wildman–Crippen LogP) is 4.46. The summed E-state index contributed by atoms with van der Waals surface area (Å²) in [5.41, 5.74) is 0.636. The summed E-state index contributed by atoms with van der Waals surface area (Å²) in [6.07, 6.45) is 3.72. The molecule has 0 heterocycles. The topological polar surface area (TPSA) is 67.4 Å². The van der Waals surface area contributed by atoms with E-state index in [4.69, 9.17) is 4.74 Å². The van der Waals surface area contributed by atoms with Gasteiger partial charge in [0.2, 0.25) is 5.91 Å². The van der Waals surface area contributed by atoms with E-state index in [-0.39, 0.29) is 24.3 Å². The number of nitrogens with one attached hydrogen (secondary N) is 2. The van der Waals surface area contributed by atoms with Crippen molar-refractivity contribution in [2.24, 2.45) is 5.92 Å². The van der Waals surface area contributed by atoms with Gasteiger partial charge in [-0.15, -0.1) is 0 Å². The predicted molar refractivity (Wildman–Crippen MR) is 110 cm³/mol. The molecule has 0 saturated heterocycles. The summed E-state index contributed by atoms with van der Waals surface area (Å²) in [7, 11) is 0. The molecule has 0 spiro atoms. The molecule has 0 radical (unpaired) electrons. The number of amides is 2. The average molecular weight is 377 g/mol. The molecule has 27 heavy (non-hydrogen) atoms. The van der Waals surface area contributed by atoms with Crippen LogP contribution in [0.3, 0.4) is 0 Å². The van der Waals surface area contributed by atoms with E-state index in [0.29, 0.717) is 6.54 Å². The van der Waals surface area contributed by atoms with Gasteiger partial charge in [0, 0.05) is 19.0 Å². The Morgan fingerprint density at radius 1 is 1.15 bits per heavy atom. The van der Waals surface area contributed by atoms with Gasteiger partial charge in [-0.1, -0.05) is 57.0 Å². The maximum Gasteiger partial charge on any atom is 0.407 e. The molecule has 0 fully saturated rings. The molecule has 5 heteroatoms. The second kappa shape index (κ2) is 11.6. The SMILES string of the molecule is CCCC[C@H](C)[C@H](CC(=O)NCCc1ccccc1)NC(=O)OC(C)(C)C. The molecule has 2 N–H and O–H groups in total. The normalized spacial score (nSPS) is 13.5. The molecule has 2 amide bonds. The highest BCUT2D eigenvalue weighted by Crippen LogP contribution is 2.16. The van der Waals surface area contributed by atoms with E-state index in [1.807, 2.05) is 51.1 Å². The first-order valence-corrected chi connectivity index (χ1v) is 10.0. The minimum absolute atomic E-state index is 0.0460. The van der Waals surface area contributed by atoms with Gasteiger partial charge in [-0.2, -0.15) is 0 Å². The fourth-order valence-corrected chi connectivity index (χ4v) is 2.84. The molecule has 1 aromatic carbocycles. The highest BCUT2D eigenvalue weighted by molar-refractivity contribution is 5.77. The van der Waals surface area contributed by atoms with Crippen molar-refractivity contribution < 1.29 is 14.3 Å². The molecular weight excluding hydrogens is 340 g/mol. The molecule has 5 nitrogen and oxygen atoms in total. The van der Waals surface area contributed by atoms with Gasteiger partial charge in [-0.05, 0) is 45.1 Å². The summed E-state index contributed by atoms with van der Waals surface area (Å²) in [5, 5.41) is 5.86. The summed E-state index contributed by atoms with van der Waals surface area (Å²) >= 11 is 0. The Morgan fingerprint density at radius 3 is 2.41 bits per heavy atom. The Morgan fingerprint density at radius 2 is 1.81 bits per heavy atom. The van der Waals surface area contributed by atoms with Crippen molar-refractivity contribution in [3.8, 4) is 0 Å². The van der Waals surface area contributed by atoms with Crippen LogP contribution >= 0.6 is 0 Å². The number of hydrogen-bond donors (Lipinski definition) is 2. The van der Waals surface area contributed by atoms with Crippen molar-refractivity contribution in [3.63, 3.8) is 0 Å². The summed E-state index contributed by atoms with van der Waals surface area (Å²) in [4.78, 5) is 24.5. The largest absolute Gasteiger partial charge is 0.444 e. The van der Waals surface area contributed by atoms with E-state index in [0.717, 1.165) is 25.7 Å². The van der Waals surface area contributed by atoms with Crippen LogP contribution in [0.2, 0.25) is 0 Å². The Kier molecular flexibility index (Phi) is 9.90. The van der Waals surface area contributed by atoms with Gasteiger partial charge >= 0.3 is 6.09 Å². The first-order chi connectivity index (χ1) is 12.7. The first kappa shape index (κ1) is 23.0. The lowest BCUT2D eigenvalue weighted by atomic mass is 9.93. The minimum Gasteiger partial charge on any atom is -0.444 e. The molecule has 2 atom stereocenters. The van der Waals surface area contributed by atoms with E-state index < -0.39 is 11.7 Å².